The van der Waals surface area contributed by atoms with Gasteiger partial charge in [-0.1, -0.05) is 23.9 Å². The minimum atomic E-state index is -2.61. The van der Waals surface area contributed by atoms with Crippen LogP contribution >= 0.6 is 11.8 Å². The summed E-state index contributed by atoms with van der Waals surface area (Å²) in [7, 11) is 0. The van der Waals surface area contributed by atoms with E-state index in [1.165, 1.54) is 12.1 Å². The van der Waals surface area contributed by atoms with Gasteiger partial charge < -0.3 is 10.1 Å². The maximum absolute atomic E-state index is 12.8. The van der Waals surface area contributed by atoms with Gasteiger partial charge in [0, 0.05) is 22.3 Å². The van der Waals surface area contributed by atoms with Crippen LogP contribution in [-0.4, -0.2) is 31.2 Å². The molecule has 0 aliphatic carbocycles. The third-order valence-electron chi connectivity index (χ3n) is 4.98. The van der Waals surface area contributed by atoms with E-state index in [1.807, 2.05) is 18.4 Å². The molecule has 0 unspecified atom stereocenters. The van der Waals surface area contributed by atoms with E-state index in [2.05, 4.69) is 20.3 Å². The summed E-state index contributed by atoms with van der Waals surface area (Å²) in [5.41, 5.74) is 2.56. The number of thioether (sulfide) groups is 1. The fourth-order valence-corrected chi connectivity index (χ4v) is 3.85. The molecule has 0 saturated carbocycles. The molecule has 7 nitrogen and oxygen atoms in total. The SMILES string of the molecule is Cc1nc(Oc2ccc(NC(=O)c3ccccc3SC(F)F)cc2)cc(-n2cnc(C)c2C)n1. The van der Waals surface area contributed by atoms with Gasteiger partial charge in [-0.15, -0.1) is 0 Å². The van der Waals surface area contributed by atoms with Crippen LogP contribution < -0.4 is 10.1 Å². The number of amides is 1. The summed E-state index contributed by atoms with van der Waals surface area (Å²) < 4.78 is 33.3. The molecule has 0 radical (unpaired) electrons. The Morgan fingerprint density at radius 2 is 1.79 bits per heavy atom. The lowest BCUT2D eigenvalue weighted by molar-refractivity contribution is 0.102. The number of hydrogen-bond donors (Lipinski definition) is 1. The first-order valence-electron chi connectivity index (χ1n) is 10.3. The highest BCUT2D eigenvalue weighted by molar-refractivity contribution is 7.99. The first kappa shape index (κ1) is 23.4. The van der Waals surface area contributed by atoms with E-state index in [0.717, 1.165) is 11.4 Å². The van der Waals surface area contributed by atoms with Crippen LogP contribution in [0, 0.1) is 20.8 Å². The molecule has 2 aromatic carbocycles. The molecular formula is C24H21F2N5O2S. The van der Waals surface area contributed by atoms with E-state index in [0.29, 0.717) is 40.7 Å². The maximum atomic E-state index is 12.8. The van der Waals surface area contributed by atoms with Gasteiger partial charge in [0.25, 0.3) is 11.7 Å². The number of anilines is 1. The molecule has 2 aromatic heterocycles. The number of carbonyl (C=O) groups excluding carboxylic acids is 1. The van der Waals surface area contributed by atoms with Crippen LogP contribution in [0.1, 0.15) is 27.6 Å². The number of benzene rings is 2. The zero-order chi connectivity index (χ0) is 24.2. The molecule has 4 aromatic rings. The lowest BCUT2D eigenvalue weighted by Crippen LogP contribution is -2.13. The highest BCUT2D eigenvalue weighted by Crippen LogP contribution is 2.29. The molecule has 1 amide bonds. The molecule has 0 saturated heterocycles. The summed E-state index contributed by atoms with van der Waals surface area (Å²) in [6.45, 7) is 5.66. The standard InChI is InChI=1S/C24H21F2N5O2S/c1-14-15(2)31(13-27-14)21-12-22(29-16(3)28-21)33-18-10-8-17(9-11-18)30-23(32)19-6-4-5-7-20(19)34-24(25)26/h4-13,24H,1-3H3,(H,30,32). The summed E-state index contributed by atoms with van der Waals surface area (Å²) >= 11 is 0.339. The Balaban J connectivity index is 1.48. The summed E-state index contributed by atoms with van der Waals surface area (Å²) in [4.78, 5) is 25.9. The van der Waals surface area contributed by atoms with Crippen molar-refractivity contribution in [2.24, 2.45) is 0 Å². The number of aryl methyl sites for hydroxylation is 2. The van der Waals surface area contributed by atoms with Crippen LogP contribution in [0.2, 0.25) is 0 Å². The van der Waals surface area contributed by atoms with Gasteiger partial charge in [-0.2, -0.15) is 13.8 Å². The number of nitrogens with zero attached hydrogens (tertiary/aromatic N) is 4. The fraction of sp³-hybridized carbons (Fsp3) is 0.167. The zero-order valence-corrected chi connectivity index (χ0v) is 19.4. The number of ether oxygens (including phenoxy) is 1. The van der Waals surface area contributed by atoms with Gasteiger partial charge >= 0.3 is 0 Å². The lowest BCUT2D eigenvalue weighted by atomic mass is 10.2. The highest BCUT2D eigenvalue weighted by Gasteiger charge is 2.15. The molecule has 0 fully saturated rings. The van der Waals surface area contributed by atoms with Crippen molar-refractivity contribution in [3.8, 4) is 17.4 Å². The van der Waals surface area contributed by atoms with E-state index in [9.17, 15) is 13.6 Å². The van der Waals surface area contributed by atoms with Gasteiger partial charge in [0.05, 0.1) is 11.3 Å². The monoisotopic (exact) mass is 481 g/mol. The molecule has 10 heteroatoms. The smallest absolute Gasteiger partial charge is 0.288 e. The predicted molar refractivity (Wildman–Crippen MR) is 126 cm³/mol. The van der Waals surface area contributed by atoms with Gasteiger partial charge in [0.1, 0.15) is 23.7 Å². The number of carbonyl (C=O) groups is 1. The topological polar surface area (TPSA) is 81.9 Å². The summed E-state index contributed by atoms with van der Waals surface area (Å²) in [6.07, 6.45) is 1.70. The van der Waals surface area contributed by atoms with Crippen molar-refractivity contribution in [1.82, 2.24) is 19.5 Å². The summed E-state index contributed by atoms with van der Waals surface area (Å²) in [5, 5.41) is 2.72. The van der Waals surface area contributed by atoms with E-state index >= 15 is 0 Å². The van der Waals surface area contributed by atoms with Gasteiger partial charge in [0.2, 0.25) is 5.88 Å². The van der Waals surface area contributed by atoms with Crippen LogP contribution in [0.25, 0.3) is 5.82 Å². The number of hydrogen-bond acceptors (Lipinski definition) is 6. The molecular weight excluding hydrogens is 460 g/mol. The summed E-state index contributed by atoms with van der Waals surface area (Å²) in [6, 6.07) is 14.6. The minimum absolute atomic E-state index is 0.183. The third-order valence-corrected chi connectivity index (χ3v) is 5.77. The Labute approximate surface area is 199 Å². The maximum Gasteiger partial charge on any atom is 0.288 e. The third kappa shape index (κ3) is 5.40. The molecule has 2 heterocycles. The van der Waals surface area contributed by atoms with Gasteiger partial charge in [-0.05, 0) is 57.2 Å². The molecule has 0 spiro atoms. The van der Waals surface area contributed by atoms with Crippen LogP contribution in [0.15, 0.2) is 65.8 Å². The van der Waals surface area contributed by atoms with Crippen molar-refractivity contribution in [2.45, 2.75) is 31.4 Å². The molecule has 4 rings (SSSR count). The van der Waals surface area contributed by atoms with Crippen LogP contribution in [0.5, 0.6) is 11.6 Å². The average Bonchev–Trinajstić information content (AvgIpc) is 3.13. The zero-order valence-electron chi connectivity index (χ0n) is 18.6. The van der Waals surface area contributed by atoms with Crippen molar-refractivity contribution < 1.29 is 18.3 Å². The van der Waals surface area contributed by atoms with Crippen molar-refractivity contribution in [1.29, 1.82) is 0 Å². The quantitative estimate of drug-likeness (QED) is 0.329. The Bertz CT molecular complexity index is 1330. The molecule has 0 atom stereocenters. The largest absolute Gasteiger partial charge is 0.439 e. The summed E-state index contributed by atoms with van der Waals surface area (Å²) in [5.74, 6) is -1.03. The number of alkyl halides is 2. The number of aromatic nitrogens is 4. The molecule has 0 bridgehead atoms. The number of nitrogens with one attached hydrogen (secondary N) is 1. The van der Waals surface area contributed by atoms with Crippen LogP contribution in [0.3, 0.4) is 0 Å². The Morgan fingerprint density at radius 3 is 2.47 bits per heavy atom. The number of imidazole rings is 1. The molecule has 1 N–H and O–H groups in total. The Hall–Kier alpha value is -3.79. The molecule has 0 aliphatic rings. The first-order valence-corrected chi connectivity index (χ1v) is 11.2. The molecule has 0 aliphatic heterocycles. The second-order valence-corrected chi connectivity index (χ2v) is 8.38. The average molecular weight is 482 g/mol. The van der Waals surface area contributed by atoms with Crippen molar-refractivity contribution in [3.05, 3.63) is 83.7 Å². The fourth-order valence-electron chi connectivity index (χ4n) is 3.21. The second kappa shape index (κ2) is 10.0. The van der Waals surface area contributed by atoms with E-state index in [-0.39, 0.29) is 10.5 Å². The Kier molecular flexibility index (Phi) is 6.87. The predicted octanol–water partition coefficient (Wildman–Crippen LogP) is 5.95. The van der Waals surface area contributed by atoms with Crippen molar-refractivity contribution >= 4 is 23.4 Å². The van der Waals surface area contributed by atoms with Crippen molar-refractivity contribution in [2.75, 3.05) is 5.32 Å². The molecule has 34 heavy (non-hydrogen) atoms. The Morgan fingerprint density at radius 1 is 1.06 bits per heavy atom. The first-order chi connectivity index (χ1) is 16.3. The van der Waals surface area contributed by atoms with Gasteiger partial charge in [0.15, 0.2) is 0 Å². The van der Waals surface area contributed by atoms with Gasteiger partial charge in [-0.25, -0.2) is 9.97 Å². The molecule has 174 valence electrons. The van der Waals surface area contributed by atoms with E-state index < -0.39 is 11.7 Å². The van der Waals surface area contributed by atoms with Crippen LogP contribution in [-0.2, 0) is 0 Å². The number of halogens is 2. The second-order valence-electron chi connectivity index (χ2n) is 7.35. The van der Waals surface area contributed by atoms with Crippen molar-refractivity contribution in [3.63, 3.8) is 0 Å². The lowest BCUT2D eigenvalue weighted by Gasteiger charge is -2.11. The van der Waals surface area contributed by atoms with E-state index in [4.69, 9.17) is 4.74 Å². The number of rotatable bonds is 7. The normalized spacial score (nSPS) is 11.0. The highest BCUT2D eigenvalue weighted by atomic mass is 32.2. The van der Waals surface area contributed by atoms with Gasteiger partial charge in [-0.3, -0.25) is 9.36 Å². The van der Waals surface area contributed by atoms with E-state index in [1.54, 1.807) is 55.7 Å². The minimum Gasteiger partial charge on any atom is -0.439 e. The van der Waals surface area contributed by atoms with Crippen LogP contribution in [0.4, 0.5) is 14.5 Å².